The fraction of sp³-hybridized carbons (Fsp3) is 0.625. The van der Waals surface area contributed by atoms with Gasteiger partial charge >= 0.3 is 0 Å². The highest BCUT2D eigenvalue weighted by molar-refractivity contribution is 5.19. The summed E-state index contributed by atoms with van der Waals surface area (Å²) < 4.78 is 0. The van der Waals surface area contributed by atoms with E-state index in [0.717, 1.165) is 6.54 Å². The molecular formula is C16H25N. The monoisotopic (exact) mass is 231 g/mol. The van der Waals surface area contributed by atoms with Crippen LogP contribution in [0.1, 0.15) is 51.5 Å². The Morgan fingerprint density at radius 2 is 2.00 bits per heavy atom. The summed E-state index contributed by atoms with van der Waals surface area (Å²) in [5.74, 6) is 0.604. The Morgan fingerprint density at radius 3 is 2.59 bits per heavy atom. The first-order valence-electron chi connectivity index (χ1n) is 6.88. The van der Waals surface area contributed by atoms with Crippen LogP contribution < -0.4 is 5.32 Å². The molecule has 1 heteroatoms. The topological polar surface area (TPSA) is 12.0 Å². The fourth-order valence-electron chi connectivity index (χ4n) is 2.92. The number of hydrogen-bond donors (Lipinski definition) is 1. The number of nitrogens with one attached hydrogen (secondary N) is 1. The van der Waals surface area contributed by atoms with Crippen molar-refractivity contribution in [2.45, 2.75) is 52.0 Å². The summed E-state index contributed by atoms with van der Waals surface area (Å²) in [4.78, 5) is 0. The molecule has 2 rings (SSSR count). The molecule has 0 amide bonds. The van der Waals surface area contributed by atoms with E-state index in [1.807, 2.05) is 0 Å². The van der Waals surface area contributed by atoms with Gasteiger partial charge in [-0.1, -0.05) is 57.5 Å². The molecule has 1 aromatic rings. The summed E-state index contributed by atoms with van der Waals surface area (Å²) in [6.45, 7) is 8.19. The van der Waals surface area contributed by atoms with Crippen molar-refractivity contribution >= 4 is 0 Å². The van der Waals surface area contributed by atoms with E-state index in [4.69, 9.17) is 0 Å². The minimum absolute atomic E-state index is 0.483. The highest BCUT2D eigenvalue weighted by atomic mass is 14.9. The third-order valence-corrected chi connectivity index (χ3v) is 4.30. The molecule has 0 bridgehead atoms. The average Bonchev–Trinajstić information content (AvgIpc) is 2.66. The van der Waals surface area contributed by atoms with Crippen molar-refractivity contribution in [3.8, 4) is 0 Å². The van der Waals surface area contributed by atoms with Gasteiger partial charge in [-0.25, -0.2) is 0 Å². The Labute approximate surface area is 106 Å². The Morgan fingerprint density at radius 1 is 1.29 bits per heavy atom. The molecule has 0 heterocycles. The maximum atomic E-state index is 3.77. The van der Waals surface area contributed by atoms with Crippen LogP contribution in [0, 0.1) is 5.41 Å². The van der Waals surface area contributed by atoms with Gasteiger partial charge in [0.2, 0.25) is 0 Å². The van der Waals surface area contributed by atoms with Crippen molar-refractivity contribution in [1.29, 1.82) is 0 Å². The first kappa shape index (κ1) is 12.6. The number of benzene rings is 1. The van der Waals surface area contributed by atoms with Gasteiger partial charge in [-0.2, -0.15) is 0 Å². The van der Waals surface area contributed by atoms with Crippen molar-refractivity contribution in [3.05, 3.63) is 35.9 Å². The van der Waals surface area contributed by atoms with E-state index in [0.29, 0.717) is 17.4 Å². The first-order chi connectivity index (χ1) is 8.09. The maximum Gasteiger partial charge on any atom is 0.0118 e. The lowest BCUT2D eigenvalue weighted by atomic mass is 9.87. The molecule has 0 spiro atoms. The molecule has 1 saturated carbocycles. The summed E-state index contributed by atoms with van der Waals surface area (Å²) >= 11 is 0. The quantitative estimate of drug-likeness (QED) is 0.827. The van der Waals surface area contributed by atoms with Crippen molar-refractivity contribution in [2.75, 3.05) is 6.54 Å². The van der Waals surface area contributed by atoms with E-state index < -0.39 is 0 Å². The van der Waals surface area contributed by atoms with Crippen LogP contribution in [0.4, 0.5) is 0 Å². The van der Waals surface area contributed by atoms with E-state index in [1.54, 1.807) is 0 Å². The molecule has 1 N–H and O–H groups in total. The molecule has 1 aliphatic carbocycles. The van der Waals surface area contributed by atoms with Gasteiger partial charge in [-0.05, 0) is 29.7 Å². The van der Waals surface area contributed by atoms with E-state index in [2.05, 4.69) is 56.4 Å². The molecule has 1 fully saturated rings. The van der Waals surface area contributed by atoms with Crippen molar-refractivity contribution in [1.82, 2.24) is 5.32 Å². The van der Waals surface area contributed by atoms with Crippen molar-refractivity contribution in [2.24, 2.45) is 5.41 Å². The van der Waals surface area contributed by atoms with Crippen LogP contribution in [0.3, 0.4) is 0 Å². The molecule has 94 valence electrons. The molecule has 2 atom stereocenters. The molecule has 1 nitrogen and oxygen atoms in total. The Kier molecular flexibility index (Phi) is 3.88. The highest BCUT2D eigenvalue weighted by Crippen LogP contribution is 2.37. The molecule has 0 saturated heterocycles. The van der Waals surface area contributed by atoms with Gasteiger partial charge in [0.15, 0.2) is 0 Å². The minimum atomic E-state index is 0.483. The fourth-order valence-corrected chi connectivity index (χ4v) is 2.92. The summed E-state index contributed by atoms with van der Waals surface area (Å²) in [7, 11) is 0. The van der Waals surface area contributed by atoms with E-state index in [-0.39, 0.29) is 0 Å². The lowest BCUT2D eigenvalue weighted by molar-refractivity contribution is 0.281. The van der Waals surface area contributed by atoms with Crippen LogP contribution in [0.15, 0.2) is 30.3 Å². The van der Waals surface area contributed by atoms with Crippen LogP contribution >= 0.6 is 0 Å². The van der Waals surface area contributed by atoms with E-state index >= 15 is 0 Å². The molecular weight excluding hydrogens is 206 g/mol. The number of rotatable bonds is 4. The lowest BCUT2D eigenvalue weighted by Crippen LogP contribution is -2.39. The Hall–Kier alpha value is -0.820. The zero-order valence-electron chi connectivity index (χ0n) is 11.4. The van der Waals surface area contributed by atoms with Gasteiger partial charge in [0, 0.05) is 12.6 Å². The summed E-state index contributed by atoms with van der Waals surface area (Å²) in [6, 6.07) is 11.5. The second kappa shape index (κ2) is 5.22. The summed E-state index contributed by atoms with van der Waals surface area (Å²) in [5, 5.41) is 3.77. The zero-order chi connectivity index (χ0) is 12.3. The standard InChI is InChI=1S/C16H25N/c1-13(14-8-5-4-6-9-14)12-17-15-10-7-11-16(15,2)3/h4-6,8-9,13,15,17H,7,10-12H2,1-3H3. The highest BCUT2D eigenvalue weighted by Gasteiger charge is 2.33. The van der Waals surface area contributed by atoms with Crippen LogP contribution in [0.5, 0.6) is 0 Å². The lowest BCUT2D eigenvalue weighted by Gasteiger charge is -2.29. The van der Waals surface area contributed by atoms with Gasteiger partial charge in [-0.3, -0.25) is 0 Å². The summed E-state index contributed by atoms with van der Waals surface area (Å²) in [6.07, 6.45) is 4.09. The smallest absolute Gasteiger partial charge is 0.0118 e. The van der Waals surface area contributed by atoms with Gasteiger partial charge in [-0.15, -0.1) is 0 Å². The van der Waals surface area contributed by atoms with E-state index in [1.165, 1.54) is 24.8 Å². The van der Waals surface area contributed by atoms with Crippen molar-refractivity contribution in [3.63, 3.8) is 0 Å². The first-order valence-corrected chi connectivity index (χ1v) is 6.88. The number of hydrogen-bond acceptors (Lipinski definition) is 1. The van der Waals surface area contributed by atoms with Crippen LogP contribution in [-0.4, -0.2) is 12.6 Å². The summed E-state index contributed by atoms with van der Waals surface area (Å²) in [5.41, 5.74) is 1.92. The van der Waals surface area contributed by atoms with Crippen LogP contribution in [-0.2, 0) is 0 Å². The molecule has 0 radical (unpaired) electrons. The second-order valence-electron chi connectivity index (χ2n) is 6.15. The van der Waals surface area contributed by atoms with Gasteiger partial charge in [0.25, 0.3) is 0 Å². The van der Waals surface area contributed by atoms with E-state index in [9.17, 15) is 0 Å². The maximum absolute atomic E-state index is 3.77. The third kappa shape index (κ3) is 3.10. The molecule has 17 heavy (non-hydrogen) atoms. The van der Waals surface area contributed by atoms with Crippen LogP contribution in [0.25, 0.3) is 0 Å². The SMILES string of the molecule is CC(CNC1CCCC1(C)C)c1ccccc1. The van der Waals surface area contributed by atoms with Gasteiger partial charge in [0.05, 0.1) is 0 Å². The molecule has 1 aliphatic rings. The van der Waals surface area contributed by atoms with Crippen molar-refractivity contribution < 1.29 is 0 Å². The third-order valence-electron chi connectivity index (χ3n) is 4.30. The average molecular weight is 231 g/mol. The predicted molar refractivity (Wildman–Crippen MR) is 74.3 cm³/mol. The Bertz CT molecular complexity index is 342. The second-order valence-corrected chi connectivity index (χ2v) is 6.15. The normalized spacial score (nSPS) is 24.8. The predicted octanol–water partition coefficient (Wildman–Crippen LogP) is 3.96. The van der Waals surface area contributed by atoms with Gasteiger partial charge < -0.3 is 5.32 Å². The van der Waals surface area contributed by atoms with Gasteiger partial charge in [0.1, 0.15) is 0 Å². The zero-order valence-corrected chi connectivity index (χ0v) is 11.4. The molecule has 0 aliphatic heterocycles. The molecule has 1 aromatic carbocycles. The largest absolute Gasteiger partial charge is 0.313 e. The minimum Gasteiger partial charge on any atom is -0.313 e. The van der Waals surface area contributed by atoms with Crippen LogP contribution in [0.2, 0.25) is 0 Å². The molecule has 0 aromatic heterocycles. The molecule has 2 unspecified atom stereocenters. The Balaban J connectivity index is 1.86.